The third kappa shape index (κ3) is 4.00. The van der Waals surface area contributed by atoms with Crippen LogP contribution in [-0.2, 0) is 0 Å². The van der Waals surface area contributed by atoms with Gasteiger partial charge in [0.15, 0.2) is 17.3 Å². The molecule has 2 aromatic carbocycles. The zero-order chi connectivity index (χ0) is 23.8. The molecule has 5 aromatic rings. The molecule has 35 heavy (non-hydrogen) atoms. The summed E-state index contributed by atoms with van der Waals surface area (Å²) in [6, 6.07) is 15.9. The minimum atomic E-state index is 0.530. The molecule has 0 saturated heterocycles. The maximum Gasteiger partial charge on any atom is 0.162 e. The lowest BCUT2D eigenvalue weighted by atomic mass is 10.1. The van der Waals surface area contributed by atoms with E-state index in [4.69, 9.17) is 14.6 Å². The van der Waals surface area contributed by atoms with Crippen molar-refractivity contribution in [3.05, 3.63) is 77.1 Å². The normalized spacial score (nSPS) is 13.0. The van der Waals surface area contributed by atoms with Gasteiger partial charge in [0.2, 0.25) is 0 Å². The van der Waals surface area contributed by atoms with Gasteiger partial charge >= 0.3 is 0 Å². The second kappa shape index (κ2) is 8.84. The molecule has 0 saturated carbocycles. The predicted octanol–water partition coefficient (Wildman–Crippen LogP) is 5.38. The van der Waals surface area contributed by atoms with Gasteiger partial charge in [-0.3, -0.25) is 5.43 Å². The second-order valence-electron chi connectivity index (χ2n) is 8.13. The van der Waals surface area contributed by atoms with E-state index < -0.39 is 0 Å². The highest BCUT2D eigenvalue weighted by molar-refractivity contribution is 7.18. The number of hydrazone groups is 1. The number of thiophene rings is 1. The number of ether oxygens (including phenoxy) is 2. The van der Waals surface area contributed by atoms with Gasteiger partial charge in [-0.1, -0.05) is 18.2 Å². The van der Waals surface area contributed by atoms with E-state index in [-0.39, 0.29) is 0 Å². The second-order valence-corrected chi connectivity index (χ2v) is 9.33. The number of benzene rings is 2. The highest BCUT2D eigenvalue weighted by atomic mass is 32.1. The summed E-state index contributed by atoms with van der Waals surface area (Å²) in [6.45, 7) is 5.25. The van der Waals surface area contributed by atoms with E-state index in [2.05, 4.69) is 34.3 Å². The van der Waals surface area contributed by atoms with Crippen LogP contribution in [-0.4, -0.2) is 39.2 Å². The molecule has 6 rings (SSSR count). The lowest BCUT2D eigenvalue weighted by Crippen LogP contribution is -2.15. The number of aromatic nitrogens is 4. The van der Waals surface area contributed by atoms with E-state index >= 15 is 0 Å². The Bertz CT molecular complexity index is 1560. The molecule has 0 amide bonds. The lowest BCUT2D eigenvalue weighted by Gasteiger charge is -2.18. The van der Waals surface area contributed by atoms with Crippen molar-refractivity contribution in [2.75, 3.05) is 18.6 Å². The number of aryl methyl sites for hydroxylation is 2. The van der Waals surface area contributed by atoms with E-state index in [9.17, 15) is 0 Å². The first kappa shape index (κ1) is 21.3. The summed E-state index contributed by atoms with van der Waals surface area (Å²) in [4.78, 5) is 11.0. The number of hydrogen-bond acceptors (Lipinski definition) is 8. The SMILES string of the molecule is Cc1sc2ncnc(N/N=C\c3cn(-c4ccccc4)nc3-c3ccc4c(c3)OCCO4)c2c1C. The van der Waals surface area contributed by atoms with Crippen LogP contribution in [0.15, 0.2) is 66.2 Å². The van der Waals surface area contributed by atoms with Crippen LogP contribution in [0.1, 0.15) is 16.0 Å². The van der Waals surface area contributed by atoms with Gasteiger partial charge in [0, 0.05) is 22.2 Å². The van der Waals surface area contributed by atoms with Gasteiger partial charge in [-0.15, -0.1) is 11.3 Å². The van der Waals surface area contributed by atoms with Gasteiger partial charge in [-0.05, 0) is 49.7 Å². The molecule has 0 atom stereocenters. The van der Waals surface area contributed by atoms with Crippen LogP contribution in [0.2, 0.25) is 0 Å². The van der Waals surface area contributed by atoms with E-state index in [0.29, 0.717) is 19.0 Å². The van der Waals surface area contributed by atoms with Gasteiger partial charge in [-0.25, -0.2) is 14.6 Å². The first-order valence-electron chi connectivity index (χ1n) is 11.2. The largest absolute Gasteiger partial charge is 0.486 e. The maximum atomic E-state index is 5.79. The Kier molecular flexibility index (Phi) is 5.38. The molecule has 0 unspecified atom stereocenters. The smallest absolute Gasteiger partial charge is 0.162 e. The topological polar surface area (TPSA) is 86.5 Å². The summed E-state index contributed by atoms with van der Waals surface area (Å²) in [5.74, 6) is 2.15. The fourth-order valence-corrected chi connectivity index (χ4v) is 5.04. The van der Waals surface area contributed by atoms with Crippen LogP contribution < -0.4 is 14.9 Å². The van der Waals surface area contributed by atoms with Crippen molar-refractivity contribution < 1.29 is 9.47 Å². The minimum absolute atomic E-state index is 0.530. The molecule has 1 aliphatic heterocycles. The van der Waals surface area contributed by atoms with Crippen LogP contribution in [0.3, 0.4) is 0 Å². The summed E-state index contributed by atoms with van der Waals surface area (Å²) in [6.07, 6.45) is 5.28. The van der Waals surface area contributed by atoms with Crippen molar-refractivity contribution in [2.24, 2.45) is 5.10 Å². The van der Waals surface area contributed by atoms with E-state index in [0.717, 1.165) is 49.8 Å². The number of hydrogen-bond donors (Lipinski definition) is 1. The molecule has 1 N–H and O–H groups in total. The van der Waals surface area contributed by atoms with E-state index in [1.165, 1.54) is 4.88 Å². The summed E-state index contributed by atoms with van der Waals surface area (Å²) in [5.41, 5.74) is 7.78. The Balaban J connectivity index is 1.38. The van der Waals surface area contributed by atoms with Crippen molar-refractivity contribution in [1.29, 1.82) is 0 Å². The molecule has 174 valence electrons. The fraction of sp³-hybridized carbons (Fsp3) is 0.154. The Morgan fingerprint density at radius 3 is 2.71 bits per heavy atom. The van der Waals surface area contributed by atoms with Gasteiger partial charge in [0.25, 0.3) is 0 Å². The number of nitrogens with zero attached hydrogens (tertiary/aromatic N) is 5. The molecular weight excluding hydrogens is 460 g/mol. The number of anilines is 1. The van der Waals surface area contributed by atoms with Crippen LogP contribution >= 0.6 is 11.3 Å². The van der Waals surface area contributed by atoms with Crippen molar-refractivity contribution in [3.8, 4) is 28.4 Å². The monoisotopic (exact) mass is 482 g/mol. The Morgan fingerprint density at radius 2 is 1.86 bits per heavy atom. The zero-order valence-electron chi connectivity index (χ0n) is 19.2. The van der Waals surface area contributed by atoms with Gasteiger partial charge in [0.1, 0.15) is 30.1 Å². The van der Waals surface area contributed by atoms with Crippen molar-refractivity contribution in [2.45, 2.75) is 13.8 Å². The third-order valence-electron chi connectivity index (χ3n) is 5.92. The number of rotatable bonds is 5. The van der Waals surface area contributed by atoms with Crippen molar-refractivity contribution in [3.63, 3.8) is 0 Å². The summed E-state index contributed by atoms with van der Waals surface area (Å²) < 4.78 is 13.3. The van der Waals surface area contributed by atoms with Gasteiger partial charge < -0.3 is 9.47 Å². The van der Waals surface area contributed by atoms with E-state index in [1.807, 2.05) is 59.4 Å². The molecule has 0 spiro atoms. The van der Waals surface area contributed by atoms with E-state index in [1.54, 1.807) is 23.9 Å². The molecular formula is C26H22N6O2S. The first-order valence-corrected chi connectivity index (χ1v) is 12.0. The molecule has 3 aromatic heterocycles. The Morgan fingerprint density at radius 1 is 1.03 bits per heavy atom. The standard InChI is InChI=1S/C26H22N6O2S/c1-16-17(2)35-26-23(16)25(27-15-28-26)30-29-13-19-14-32(20-6-4-3-5-7-20)31-24(19)18-8-9-21-22(12-18)34-11-10-33-21/h3-9,12-15H,10-11H2,1-2H3,(H,27,28,30)/b29-13-. The van der Waals surface area contributed by atoms with Crippen LogP contribution in [0, 0.1) is 13.8 Å². The molecule has 8 nitrogen and oxygen atoms in total. The Labute approximate surface area is 205 Å². The van der Waals surface area contributed by atoms with Crippen molar-refractivity contribution >= 4 is 33.6 Å². The van der Waals surface area contributed by atoms with Gasteiger partial charge in [-0.2, -0.15) is 10.2 Å². The molecule has 0 aliphatic carbocycles. The Hall–Kier alpha value is -4.24. The third-order valence-corrected chi connectivity index (χ3v) is 7.03. The molecule has 4 heterocycles. The average molecular weight is 483 g/mol. The number of fused-ring (bicyclic) bond motifs is 2. The fourth-order valence-electron chi connectivity index (χ4n) is 4.04. The summed E-state index contributed by atoms with van der Waals surface area (Å²) in [7, 11) is 0. The molecule has 0 radical (unpaired) electrons. The molecule has 0 bridgehead atoms. The summed E-state index contributed by atoms with van der Waals surface area (Å²) >= 11 is 1.66. The summed E-state index contributed by atoms with van der Waals surface area (Å²) in [5, 5.41) is 10.4. The average Bonchev–Trinajstić information content (AvgIpc) is 3.45. The van der Waals surface area contributed by atoms with Crippen molar-refractivity contribution in [1.82, 2.24) is 19.7 Å². The number of para-hydroxylation sites is 1. The lowest BCUT2D eigenvalue weighted by molar-refractivity contribution is 0.171. The van der Waals surface area contributed by atoms with Gasteiger partial charge in [0.05, 0.1) is 17.3 Å². The first-order chi connectivity index (χ1) is 17.2. The maximum absolute atomic E-state index is 5.79. The highest BCUT2D eigenvalue weighted by Gasteiger charge is 2.17. The highest BCUT2D eigenvalue weighted by Crippen LogP contribution is 2.35. The molecule has 9 heteroatoms. The molecule has 0 fully saturated rings. The van der Waals surface area contributed by atoms with Crippen LogP contribution in [0.5, 0.6) is 11.5 Å². The quantitative estimate of drug-likeness (QED) is 0.267. The number of nitrogens with one attached hydrogen (secondary N) is 1. The minimum Gasteiger partial charge on any atom is -0.486 e. The molecule has 1 aliphatic rings. The predicted molar refractivity (Wildman–Crippen MR) is 138 cm³/mol. The van der Waals surface area contributed by atoms with Crippen LogP contribution in [0.25, 0.3) is 27.2 Å². The van der Waals surface area contributed by atoms with Crippen LogP contribution in [0.4, 0.5) is 5.82 Å². The zero-order valence-corrected chi connectivity index (χ0v) is 20.0.